The summed E-state index contributed by atoms with van der Waals surface area (Å²) in [6.07, 6.45) is 3.12. The molecule has 1 aromatic rings. The average Bonchev–Trinajstić information content (AvgIpc) is 2.64. The van der Waals surface area contributed by atoms with E-state index in [1.807, 2.05) is 0 Å². The second-order valence-corrected chi connectivity index (χ2v) is 5.68. The Morgan fingerprint density at radius 3 is 2.55 bits per heavy atom. The van der Waals surface area contributed by atoms with Gasteiger partial charge in [0.1, 0.15) is 5.76 Å². The van der Waals surface area contributed by atoms with E-state index in [0.717, 1.165) is 30.5 Å². The van der Waals surface area contributed by atoms with Gasteiger partial charge in [-0.25, -0.2) is 0 Å². The summed E-state index contributed by atoms with van der Waals surface area (Å²) in [5, 5.41) is 15.6. The highest BCUT2D eigenvalue weighted by Crippen LogP contribution is 2.43. The van der Waals surface area contributed by atoms with Gasteiger partial charge in [0.15, 0.2) is 0 Å². The highest BCUT2D eigenvalue weighted by Gasteiger charge is 2.39. The lowest BCUT2D eigenvalue weighted by atomic mass is 9.66. The first kappa shape index (κ1) is 14.6. The van der Waals surface area contributed by atoms with Crippen LogP contribution < -0.4 is 5.32 Å². The Bertz CT molecular complexity index is 498. The molecule has 1 aliphatic rings. The van der Waals surface area contributed by atoms with E-state index < -0.39 is 5.97 Å². The Hall–Kier alpha value is -1.85. The maximum Gasteiger partial charge on any atom is 0.303 e. The number of nitrogens with zero attached hydrogens (tertiary/aromatic N) is 1. The van der Waals surface area contributed by atoms with Gasteiger partial charge in [-0.2, -0.15) is 0 Å². The molecule has 6 nitrogen and oxygen atoms in total. The molecule has 0 radical (unpaired) electrons. The van der Waals surface area contributed by atoms with Gasteiger partial charge in [-0.1, -0.05) is 11.6 Å². The molecule has 1 amide bonds. The van der Waals surface area contributed by atoms with Gasteiger partial charge >= 0.3 is 5.97 Å². The second kappa shape index (κ2) is 5.64. The van der Waals surface area contributed by atoms with E-state index in [-0.39, 0.29) is 24.2 Å². The summed E-state index contributed by atoms with van der Waals surface area (Å²) in [5.41, 5.74) is 1.28. The first-order valence-corrected chi connectivity index (χ1v) is 6.82. The van der Waals surface area contributed by atoms with Crippen molar-refractivity contribution in [3.05, 3.63) is 17.0 Å². The number of nitrogens with one attached hydrogen (secondary N) is 1. The van der Waals surface area contributed by atoms with Crippen molar-refractivity contribution >= 4 is 11.9 Å². The van der Waals surface area contributed by atoms with Crippen LogP contribution in [0.2, 0.25) is 0 Å². The van der Waals surface area contributed by atoms with E-state index >= 15 is 0 Å². The molecule has 2 N–H and O–H groups in total. The van der Waals surface area contributed by atoms with Crippen LogP contribution in [0.3, 0.4) is 0 Å². The number of aromatic nitrogens is 1. The molecule has 1 aromatic heterocycles. The molecule has 1 fully saturated rings. The molecule has 20 heavy (non-hydrogen) atoms. The summed E-state index contributed by atoms with van der Waals surface area (Å²) < 4.78 is 5.02. The largest absolute Gasteiger partial charge is 0.481 e. The number of hydrogen-bond donors (Lipinski definition) is 2. The molecular formula is C14H20N2O4. The Labute approximate surface area is 117 Å². The zero-order valence-electron chi connectivity index (χ0n) is 11.9. The molecule has 0 aromatic carbocycles. The third kappa shape index (κ3) is 3.18. The minimum Gasteiger partial charge on any atom is -0.481 e. The molecule has 0 bridgehead atoms. The zero-order valence-corrected chi connectivity index (χ0v) is 11.9. The van der Waals surface area contributed by atoms with Gasteiger partial charge in [0, 0.05) is 12.1 Å². The van der Waals surface area contributed by atoms with Crippen molar-refractivity contribution in [3.8, 4) is 0 Å². The van der Waals surface area contributed by atoms with Gasteiger partial charge in [0.05, 0.1) is 18.5 Å². The molecule has 1 heterocycles. The first-order chi connectivity index (χ1) is 9.42. The Morgan fingerprint density at radius 2 is 2.10 bits per heavy atom. The molecule has 1 aliphatic carbocycles. The van der Waals surface area contributed by atoms with Gasteiger partial charge in [-0.15, -0.1) is 0 Å². The van der Waals surface area contributed by atoms with E-state index in [4.69, 9.17) is 9.63 Å². The highest BCUT2D eigenvalue weighted by molar-refractivity contribution is 5.79. The number of aryl methyl sites for hydroxylation is 2. The van der Waals surface area contributed by atoms with Crippen LogP contribution in [0.5, 0.6) is 0 Å². The van der Waals surface area contributed by atoms with Crippen molar-refractivity contribution in [2.45, 2.75) is 46.0 Å². The van der Waals surface area contributed by atoms with Gasteiger partial charge in [0.25, 0.3) is 0 Å². The van der Waals surface area contributed by atoms with E-state index in [2.05, 4.69) is 10.5 Å². The van der Waals surface area contributed by atoms with Crippen molar-refractivity contribution in [2.75, 3.05) is 6.54 Å². The number of carbonyl (C=O) groups excluding carboxylic acids is 1. The molecule has 0 aliphatic heterocycles. The number of carboxylic acids is 1. The van der Waals surface area contributed by atoms with Crippen molar-refractivity contribution < 1.29 is 19.2 Å². The molecule has 2 rings (SSSR count). The topological polar surface area (TPSA) is 92.4 Å². The fourth-order valence-electron chi connectivity index (χ4n) is 2.68. The van der Waals surface area contributed by atoms with Crippen molar-refractivity contribution in [2.24, 2.45) is 5.41 Å². The number of carboxylic acid groups (broad SMARTS) is 1. The summed E-state index contributed by atoms with van der Waals surface area (Å²) in [6, 6.07) is 0. The molecule has 0 saturated heterocycles. The Balaban J connectivity index is 1.87. The van der Waals surface area contributed by atoms with Crippen molar-refractivity contribution in [1.29, 1.82) is 0 Å². The predicted molar refractivity (Wildman–Crippen MR) is 71.2 cm³/mol. The summed E-state index contributed by atoms with van der Waals surface area (Å²) in [4.78, 5) is 22.8. The van der Waals surface area contributed by atoms with Crippen LogP contribution in [0.15, 0.2) is 4.52 Å². The molecular weight excluding hydrogens is 260 g/mol. The van der Waals surface area contributed by atoms with Crippen LogP contribution >= 0.6 is 0 Å². The smallest absolute Gasteiger partial charge is 0.303 e. The number of hydrogen-bond acceptors (Lipinski definition) is 4. The number of aliphatic carboxylic acids is 1. The average molecular weight is 280 g/mol. The highest BCUT2D eigenvalue weighted by atomic mass is 16.5. The van der Waals surface area contributed by atoms with E-state index in [1.54, 1.807) is 13.8 Å². The third-order valence-corrected chi connectivity index (χ3v) is 4.12. The van der Waals surface area contributed by atoms with Crippen LogP contribution in [0.4, 0.5) is 0 Å². The maximum absolute atomic E-state index is 12.0. The maximum atomic E-state index is 12.0. The van der Waals surface area contributed by atoms with Crippen LogP contribution in [0.25, 0.3) is 0 Å². The molecule has 0 atom stereocenters. The lowest BCUT2D eigenvalue weighted by Gasteiger charge is -2.40. The number of rotatable bonds is 6. The summed E-state index contributed by atoms with van der Waals surface area (Å²) >= 11 is 0. The van der Waals surface area contributed by atoms with Gasteiger partial charge < -0.3 is 14.9 Å². The fourth-order valence-corrected chi connectivity index (χ4v) is 2.68. The zero-order chi connectivity index (χ0) is 14.8. The minimum atomic E-state index is -0.801. The summed E-state index contributed by atoms with van der Waals surface area (Å²) in [6.45, 7) is 4.01. The molecule has 0 spiro atoms. The molecule has 6 heteroatoms. The Morgan fingerprint density at radius 1 is 1.40 bits per heavy atom. The van der Waals surface area contributed by atoms with Gasteiger partial charge in [-0.05, 0) is 32.1 Å². The van der Waals surface area contributed by atoms with Gasteiger partial charge in [0.2, 0.25) is 5.91 Å². The first-order valence-electron chi connectivity index (χ1n) is 6.82. The van der Waals surface area contributed by atoms with Crippen LogP contribution in [-0.4, -0.2) is 28.7 Å². The quantitative estimate of drug-likeness (QED) is 0.825. The second-order valence-electron chi connectivity index (χ2n) is 5.68. The van der Waals surface area contributed by atoms with Crippen LogP contribution in [-0.2, 0) is 16.0 Å². The monoisotopic (exact) mass is 280 g/mol. The molecule has 1 saturated carbocycles. The lowest BCUT2D eigenvalue weighted by molar-refractivity contribution is -0.141. The van der Waals surface area contributed by atoms with E-state index in [0.29, 0.717) is 12.3 Å². The standard InChI is InChI=1S/C14H20N2O4/c1-9-11(10(2)20-16-9)6-12(17)15-8-14(4-3-5-14)7-13(18)19/h3-8H2,1-2H3,(H,15,17)(H,18,19). The fraction of sp³-hybridized carbons (Fsp3) is 0.643. The number of carbonyl (C=O) groups is 2. The third-order valence-electron chi connectivity index (χ3n) is 4.12. The number of amides is 1. The SMILES string of the molecule is Cc1noc(C)c1CC(=O)NCC1(CC(=O)O)CCC1. The summed E-state index contributed by atoms with van der Waals surface area (Å²) in [5.74, 6) is -0.262. The van der Waals surface area contributed by atoms with Crippen LogP contribution in [0.1, 0.15) is 42.7 Å². The van der Waals surface area contributed by atoms with E-state index in [1.165, 1.54) is 0 Å². The van der Waals surface area contributed by atoms with E-state index in [9.17, 15) is 9.59 Å². The van der Waals surface area contributed by atoms with Crippen molar-refractivity contribution in [3.63, 3.8) is 0 Å². The van der Waals surface area contributed by atoms with Crippen molar-refractivity contribution in [1.82, 2.24) is 10.5 Å². The predicted octanol–water partition coefficient (Wildman–Crippen LogP) is 1.60. The molecule has 110 valence electrons. The molecule has 0 unspecified atom stereocenters. The van der Waals surface area contributed by atoms with Gasteiger partial charge in [-0.3, -0.25) is 9.59 Å². The summed E-state index contributed by atoms with van der Waals surface area (Å²) in [7, 11) is 0. The Kier molecular flexibility index (Phi) is 4.11. The van der Waals surface area contributed by atoms with Crippen LogP contribution in [0, 0.1) is 19.3 Å². The minimum absolute atomic E-state index is 0.115. The normalized spacial score (nSPS) is 16.5. The lowest BCUT2D eigenvalue weighted by Crippen LogP contribution is -2.44.